The van der Waals surface area contributed by atoms with Crippen LogP contribution in [0.5, 0.6) is 0 Å². The van der Waals surface area contributed by atoms with Gasteiger partial charge in [-0.05, 0) is 13.3 Å². The summed E-state index contributed by atoms with van der Waals surface area (Å²) in [6.45, 7) is 2.86. The second-order valence-electron chi connectivity index (χ2n) is 4.37. The van der Waals surface area contributed by atoms with Crippen LogP contribution < -0.4 is 0 Å². The number of carbonyl (C=O) groups excluding carboxylic acids is 1. The van der Waals surface area contributed by atoms with E-state index in [0.29, 0.717) is 6.42 Å². The van der Waals surface area contributed by atoms with E-state index in [0.717, 1.165) is 15.8 Å². The predicted octanol–water partition coefficient (Wildman–Crippen LogP) is 1.86. The topological polar surface area (TPSA) is 75.4 Å². The normalized spacial score (nSPS) is 11.5. The Labute approximate surface area is 119 Å². The van der Waals surface area contributed by atoms with Crippen molar-refractivity contribution in [1.29, 1.82) is 0 Å². The van der Waals surface area contributed by atoms with E-state index in [-0.39, 0.29) is 13.1 Å². The summed E-state index contributed by atoms with van der Waals surface area (Å²) in [7, 11) is 0. The number of hydrogen-bond acceptors (Lipinski definition) is 3. The quantitative estimate of drug-likeness (QED) is 0.870. The first-order valence-corrected chi connectivity index (χ1v) is 6.36. The fourth-order valence-electron chi connectivity index (χ4n) is 1.81. The highest BCUT2D eigenvalue weighted by molar-refractivity contribution is 5.96. The van der Waals surface area contributed by atoms with E-state index in [1.807, 2.05) is 0 Å². The van der Waals surface area contributed by atoms with Gasteiger partial charge in [0.15, 0.2) is 5.69 Å². The van der Waals surface area contributed by atoms with E-state index < -0.39 is 35.9 Å². The smallest absolute Gasteiger partial charge is 0.435 e. The number of alkyl halides is 3. The van der Waals surface area contributed by atoms with Gasteiger partial charge < -0.3 is 10.0 Å². The summed E-state index contributed by atoms with van der Waals surface area (Å²) in [5.41, 5.74) is -1.92. The number of aliphatic carboxylic acids is 1. The summed E-state index contributed by atoms with van der Waals surface area (Å²) in [5, 5.41) is 12.1. The van der Waals surface area contributed by atoms with Gasteiger partial charge in [0, 0.05) is 19.3 Å². The third kappa shape index (κ3) is 4.20. The van der Waals surface area contributed by atoms with Crippen molar-refractivity contribution in [1.82, 2.24) is 14.7 Å². The second-order valence-corrected chi connectivity index (χ2v) is 4.37. The molecule has 0 spiro atoms. The zero-order valence-corrected chi connectivity index (χ0v) is 11.6. The molecular weight excluding hydrogens is 291 g/mol. The zero-order chi connectivity index (χ0) is 16.2. The van der Waals surface area contributed by atoms with Crippen molar-refractivity contribution in [3.8, 4) is 0 Å². The van der Waals surface area contributed by atoms with E-state index in [2.05, 4.69) is 5.10 Å². The van der Waals surface area contributed by atoms with Gasteiger partial charge in [0.1, 0.15) is 6.54 Å². The van der Waals surface area contributed by atoms with Gasteiger partial charge in [0.05, 0.1) is 5.56 Å². The first-order valence-electron chi connectivity index (χ1n) is 6.36. The Bertz CT molecular complexity index is 526. The highest BCUT2D eigenvalue weighted by Crippen LogP contribution is 2.31. The summed E-state index contributed by atoms with van der Waals surface area (Å²) in [6, 6.07) is 0. The van der Waals surface area contributed by atoms with E-state index in [1.165, 1.54) is 0 Å². The number of aromatic nitrogens is 2. The van der Waals surface area contributed by atoms with Crippen LogP contribution >= 0.6 is 0 Å². The number of halogens is 3. The number of carboxylic acid groups (broad SMARTS) is 1. The molecule has 0 atom stereocenters. The minimum absolute atomic E-state index is 0.0553. The van der Waals surface area contributed by atoms with Crippen LogP contribution in [-0.4, -0.2) is 44.8 Å². The molecule has 1 aromatic heterocycles. The summed E-state index contributed by atoms with van der Waals surface area (Å²) in [5.74, 6) is -2.26. The van der Waals surface area contributed by atoms with Gasteiger partial charge in [-0.3, -0.25) is 14.3 Å². The summed E-state index contributed by atoms with van der Waals surface area (Å²) in [4.78, 5) is 23.8. The third-order valence-electron chi connectivity index (χ3n) is 2.69. The molecule has 1 heterocycles. The van der Waals surface area contributed by atoms with Crippen molar-refractivity contribution >= 4 is 11.9 Å². The number of hydrogen-bond donors (Lipinski definition) is 1. The molecule has 21 heavy (non-hydrogen) atoms. The minimum Gasteiger partial charge on any atom is -0.480 e. The lowest BCUT2D eigenvalue weighted by Gasteiger charge is -2.19. The molecule has 0 bridgehead atoms. The van der Waals surface area contributed by atoms with Crippen molar-refractivity contribution in [3.63, 3.8) is 0 Å². The Morgan fingerprint density at radius 3 is 2.43 bits per heavy atom. The molecule has 0 unspecified atom stereocenters. The first kappa shape index (κ1) is 17.0. The lowest BCUT2D eigenvalue weighted by Crippen LogP contribution is -2.37. The minimum atomic E-state index is -4.77. The Morgan fingerprint density at radius 2 is 2.00 bits per heavy atom. The maximum absolute atomic E-state index is 12.9. The van der Waals surface area contributed by atoms with Crippen LogP contribution in [0.3, 0.4) is 0 Å². The summed E-state index contributed by atoms with van der Waals surface area (Å²) < 4.78 is 39.7. The molecule has 6 nitrogen and oxygen atoms in total. The lowest BCUT2D eigenvalue weighted by molar-refractivity contribution is -0.141. The monoisotopic (exact) mass is 307 g/mol. The van der Waals surface area contributed by atoms with Crippen LogP contribution in [0, 0.1) is 0 Å². The number of amides is 1. The van der Waals surface area contributed by atoms with Gasteiger partial charge in [-0.1, -0.05) is 6.92 Å². The van der Waals surface area contributed by atoms with Crippen LogP contribution in [0.2, 0.25) is 0 Å². The fraction of sp³-hybridized carbons (Fsp3) is 0.583. The Kier molecular flexibility index (Phi) is 5.34. The average Bonchev–Trinajstić information content (AvgIpc) is 2.81. The molecule has 1 N–H and O–H groups in total. The van der Waals surface area contributed by atoms with Crippen molar-refractivity contribution in [2.75, 3.05) is 13.1 Å². The Balaban J connectivity index is 3.20. The number of aryl methyl sites for hydroxylation is 1. The molecule has 0 aliphatic rings. The molecule has 1 amide bonds. The van der Waals surface area contributed by atoms with Gasteiger partial charge in [-0.15, -0.1) is 0 Å². The van der Waals surface area contributed by atoms with Crippen LogP contribution in [0.1, 0.15) is 36.3 Å². The SMILES string of the molecule is CCCN(CC(=O)O)C(=O)c1cn(CC)nc1C(F)(F)F. The standard InChI is InChI=1S/C12H16F3N3O3/c1-3-5-17(7-9(19)20)11(21)8-6-18(4-2)16-10(8)12(13,14)15/h6H,3-5,7H2,1-2H3,(H,19,20). The van der Waals surface area contributed by atoms with Crippen LogP contribution in [0.4, 0.5) is 13.2 Å². The number of nitrogens with zero attached hydrogens (tertiary/aromatic N) is 3. The van der Waals surface area contributed by atoms with Crippen LogP contribution in [0.25, 0.3) is 0 Å². The van der Waals surface area contributed by atoms with E-state index in [1.54, 1.807) is 13.8 Å². The Morgan fingerprint density at radius 1 is 1.38 bits per heavy atom. The van der Waals surface area contributed by atoms with Gasteiger partial charge in [0.2, 0.25) is 0 Å². The van der Waals surface area contributed by atoms with Crippen molar-refractivity contribution in [2.45, 2.75) is 33.0 Å². The summed E-state index contributed by atoms with van der Waals surface area (Å²) in [6.07, 6.45) is -3.34. The molecule has 1 rings (SSSR count). The van der Waals surface area contributed by atoms with Crippen LogP contribution in [-0.2, 0) is 17.5 Å². The van der Waals surface area contributed by atoms with Crippen molar-refractivity contribution in [3.05, 3.63) is 17.5 Å². The average molecular weight is 307 g/mol. The van der Waals surface area contributed by atoms with Crippen LogP contribution in [0.15, 0.2) is 6.20 Å². The summed E-state index contributed by atoms with van der Waals surface area (Å²) >= 11 is 0. The maximum atomic E-state index is 12.9. The van der Waals surface area contributed by atoms with E-state index in [9.17, 15) is 22.8 Å². The maximum Gasteiger partial charge on any atom is 0.435 e. The predicted molar refractivity (Wildman–Crippen MR) is 66.7 cm³/mol. The second kappa shape index (κ2) is 6.59. The van der Waals surface area contributed by atoms with Gasteiger partial charge in [-0.25, -0.2) is 0 Å². The lowest BCUT2D eigenvalue weighted by atomic mass is 10.2. The van der Waals surface area contributed by atoms with Gasteiger partial charge in [-0.2, -0.15) is 18.3 Å². The molecule has 9 heteroatoms. The molecule has 0 aromatic carbocycles. The van der Waals surface area contributed by atoms with Gasteiger partial charge in [0.25, 0.3) is 5.91 Å². The molecule has 118 valence electrons. The third-order valence-corrected chi connectivity index (χ3v) is 2.69. The van der Waals surface area contributed by atoms with Crippen molar-refractivity contribution < 1.29 is 27.9 Å². The zero-order valence-electron chi connectivity index (χ0n) is 11.6. The molecule has 0 aliphatic carbocycles. The highest BCUT2D eigenvalue weighted by atomic mass is 19.4. The number of rotatable bonds is 6. The molecule has 0 saturated carbocycles. The van der Waals surface area contributed by atoms with E-state index >= 15 is 0 Å². The molecule has 0 fully saturated rings. The van der Waals surface area contributed by atoms with Gasteiger partial charge >= 0.3 is 12.1 Å². The Hall–Kier alpha value is -2.06. The number of carbonyl (C=O) groups is 2. The molecular formula is C12H16F3N3O3. The van der Waals surface area contributed by atoms with E-state index in [4.69, 9.17) is 5.11 Å². The fourth-order valence-corrected chi connectivity index (χ4v) is 1.81. The molecule has 1 aromatic rings. The molecule has 0 aliphatic heterocycles. The number of carboxylic acids is 1. The first-order chi connectivity index (χ1) is 9.70. The molecule has 0 saturated heterocycles. The highest BCUT2D eigenvalue weighted by Gasteiger charge is 2.40. The molecule has 0 radical (unpaired) electrons. The van der Waals surface area contributed by atoms with Crippen molar-refractivity contribution in [2.24, 2.45) is 0 Å². The largest absolute Gasteiger partial charge is 0.480 e.